The molecule has 0 atom stereocenters. The van der Waals surface area contributed by atoms with Gasteiger partial charge in [0, 0.05) is 11.8 Å². The zero-order valence-corrected chi connectivity index (χ0v) is 11.6. The summed E-state index contributed by atoms with van der Waals surface area (Å²) in [5.74, 6) is -1.55. The molecule has 0 heterocycles. The lowest BCUT2D eigenvalue weighted by Gasteiger charge is -2.14. The van der Waals surface area contributed by atoms with E-state index in [1.54, 1.807) is 19.1 Å². The third kappa shape index (κ3) is 3.28. The van der Waals surface area contributed by atoms with Crippen LogP contribution in [0.15, 0.2) is 30.3 Å². The molecule has 2 amide bonds. The fourth-order valence-corrected chi connectivity index (χ4v) is 1.91. The summed E-state index contributed by atoms with van der Waals surface area (Å²) in [4.78, 5) is 11.9. The van der Waals surface area contributed by atoms with Crippen LogP contribution in [0.5, 0.6) is 0 Å². The van der Waals surface area contributed by atoms with Gasteiger partial charge in [-0.3, -0.25) is 0 Å². The quantitative estimate of drug-likeness (QED) is 0.736. The maximum absolute atomic E-state index is 13.5. The van der Waals surface area contributed by atoms with Crippen LogP contribution in [-0.4, -0.2) is 6.03 Å². The van der Waals surface area contributed by atoms with Gasteiger partial charge in [-0.2, -0.15) is 0 Å². The van der Waals surface area contributed by atoms with Gasteiger partial charge in [0.2, 0.25) is 0 Å². The number of halogens is 2. The van der Waals surface area contributed by atoms with Crippen LogP contribution in [0.1, 0.15) is 11.1 Å². The van der Waals surface area contributed by atoms with E-state index in [4.69, 9.17) is 5.73 Å². The summed E-state index contributed by atoms with van der Waals surface area (Å²) in [6.07, 6.45) is 0. The Bertz CT molecular complexity index is 702. The first-order valence-electron chi connectivity index (χ1n) is 6.27. The predicted molar refractivity (Wildman–Crippen MR) is 79.3 cm³/mol. The number of rotatable bonds is 2. The Hall–Kier alpha value is -2.63. The minimum absolute atomic E-state index is 0.104. The molecule has 0 unspecified atom stereocenters. The fraction of sp³-hybridized carbons (Fsp3) is 0.133. The second-order valence-electron chi connectivity index (χ2n) is 4.67. The first-order valence-corrected chi connectivity index (χ1v) is 6.27. The largest absolute Gasteiger partial charge is 0.398 e. The van der Waals surface area contributed by atoms with Crippen LogP contribution >= 0.6 is 0 Å². The molecule has 6 heteroatoms. The Balaban J connectivity index is 2.17. The molecule has 0 radical (unpaired) electrons. The predicted octanol–water partition coefficient (Wildman–Crippen LogP) is 3.81. The van der Waals surface area contributed by atoms with E-state index in [-0.39, 0.29) is 5.69 Å². The molecular weight excluding hydrogens is 276 g/mol. The number of amides is 2. The molecule has 0 bridgehead atoms. The molecule has 0 aliphatic heterocycles. The van der Waals surface area contributed by atoms with Crippen molar-refractivity contribution in [2.75, 3.05) is 16.4 Å². The SMILES string of the molecule is Cc1ccc(N)c(C)c1NC(=O)Nc1ccc(F)cc1F. The van der Waals surface area contributed by atoms with E-state index in [0.29, 0.717) is 17.4 Å². The van der Waals surface area contributed by atoms with Crippen molar-refractivity contribution in [3.8, 4) is 0 Å². The number of nitrogen functional groups attached to an aromatic ring is 1. The number of nitrogens with two attached hydrogens (primary N) is 1. The average Bonchev–Trinajstić information content (AvgIpc) is 2.42. The summed E-state index contributed by atoms with van der Waals surface area (Å²) in [5.41, 5.74) is 8.35. The molecule has 2 rings (SSSR count). The molecular formula is C15H15F2N3O. The Morgan fingerprint density at radius 3 is 2.48 bits per heavy atom. The zero-order chi connectivity index (χ0) is 15.6. The van der Waals surface area contributed by atoms with Gasteiger partial charge >= 0.3 is 6.03 Å². The van der Waals surface area contributed by atoms with Gasteiger partial charge in [-0.15, -0.1) is 0 Å². The van der Waals surface area contributed by atoms with Crippen LogP contribution in [0, 0.1) is 25.5 Å². The lowest BCUT2D eigenvalue weighted by Crippen LogP contribution is -2.21. The lowest BCUT2D eigenvalue weighted by atomic mass is 10.1. The average molecular weight is 291 g/mol. The Labute approximate surface area is 121 Å². The highest BCUT2D eigenvalue weighted by molar-refractivity contribution is 6.01. The number of anilines is 3. The molecule has 21 heavy (non-hydrogen) atoms. The first-order chi connectivity index (χ1) is 9.88. The van der Waals surface area contributed by atoms with Gasteiger partial charge in [0.15, 0.2) is 0 Å². The van der Waals surface area contributed by atoms with Crippen molar-refractivity contribution in [3.05, 3.63) is 53.1 Å². The number of hydrogen-bond acceptors (Lipinski definition) is 2. The monoisotopic (exact) mass is 291 g/mol. The van der Waals surface area contributed by atoms with E-state index < -0.39 is 17.7 Å². The Kier molecular flexibility index (Phi) is 4.07. The van der Waals surface area contributed by atoms with Gasteiger partial charge in [0.25, 0.3) is 0 Å². The fourth-order valence-electron chi connectivity index (χ4n) is 1.91. The second kappa shape index (κ2) is 5.78. The van der Waals surface area contributed by atoms with Crippen LogP contribution in [0.4, 0.5) is 30.6 Å². The number of carbonyl (C=O) groups is 1. The van der Waals surface area contributed by atoms with Gasteiger partial charge in [-0.1, -0.05) is 6.07 Å². The molecule has 0 saturated carbocycles. The number of carbonyl (C=O) groups excluding carboxylic acids is 1. The third-order valence-electron chi connectivity index (χ3n) is 3.13. The molecule has 2 aromatic rings. The van der Waals surface area contributed by atoms with Crippen molar-refractivity contribution in [1.82, 2.24) is 0 Å². The van der Waals surface area contributed by atoms with E-state index in [1.807, 2.05) is 6.92 Å². The zero-order valence-electron chi connectivity index (χ0n) is 11.6. The van der Waals surface area contributed by atoms with Crippen molar-refractivity contribution in [3.63, 3.8) is 0 Å². The number of aryl methyl sites for hydroxylation is 1. The van der Waals surface area contributed by atoms with E-state index in [0.717, 1.165) is 23.3 Å². The molecule has 0 fully saturated rings. The van der Waals surface area contributed by atoms with Gasteiger partial charge in [-0.05, 0) is 43.2 Å². The summed E-state index contributed by atoms with van der Waals surface area (Å²) >= 11 is 0. The number of hydrogen-bond donors (Lipinski definition) is 3. The highest BCUT2D eigenvalue weighted by Crippen LogP contribution is 2.25. The molecule has 0 spiro atoms. The maximum atomic E-state index is 13.5. The van der Waals surface area contributed by atoms with Crippen LogP contribution in [-0.2, 0) is 0 Å². The smallest absolute Gasteiger partial charge is 0.323 e. The van der Waals surface area contributed by atoms with Crippen LogP contribution in [0.25, 0.3) is 0 Å². The minimum Gasteiger partial charge on any atom is -0.398 e. The van der Waals surface area contributed by atoms with E-state index in [1.165, 1.54) is 0 Å². The molecule has 110 valence electrons. The highest BCUT2D eigenvalue weighted by Gasteiger charge is 2.11. The van der Waals surface area contributed by atoms with Crippen molar-refractivity contribution in [1.29, 1.82) is 0 Å². The molecule has 4 nitrogen and oxygen atoms in total. The molecule has 0 saturated heterocycles. The first kappa shape index (κ1) is 14.8. The maximum Gasteiger partial charge on any atom is 0.323 e. The van der Waals surface area contributed by atoms with Crippen molar-refractivity contribution < 1.29 is 13.6 Å². The van der Waals surface area contributed by atoms with E-state index in [9.17, 15) is 13.6 Å². The third-order valence-corrected chi connectivity index (χ3v) is 3.13. The van der Waals surface area contributed by atoms with Gasteiger partial charge < -0.3 is 16.4 Å². The Morgan fingerprint density at radius 1 is 1.10 bits per heavy atom. The second-order valence-corrected chi connectivity index (χ2v) is 4.67. The summed E-state index contributed by atoms with van der Waals surface area (Å²) in [6.45, 7) is 3.59. The van der Waals surface area contributed by atoms with Gasteiger partial charge in [0.1, 0.15) is 11.6 Å². The molecule has 0 aliphatic rings. The lowest BCUT2D eigenvalue weighted by molar-refractivity contribution is 0.262. The standard InChI is InChI=1S/C15H15F2N3O/c1-8-3-5-12(18)9(2)14(8)20-15(21)19-13-6-4-10(16)7-11(13)17/h3-7H,18H2,1-2H3,(H2,19,20,21). The Morgan fingerprint density at radius 2 is 1.81 bits per heavy atom. The summed E-state index contributed by atoms with van der Waals surface area (Å²) in [5, 5.41) is 4.95. The summed E-state index contributed by atoms with van der Waals surface area (Å²) in [7, 11) is 0. The van der Waals surface area contributed by atoms with Crippen molar-refractivity contribution in [2.45, 2.75) is 13.8 Å². The summed E-state index contributed by atoms with van der Waals surface area (Å²) in [6, 6.07) is 5.81. The minimum atomic E-state index is -0.842. The normalized spacial score (nSPS) is 10.3. The molecule has 0 aliphatic carbocycles. The van der Waals surface area contributed by atoms with Crippen LogP contribution in [0.3, 0.4) is 0 Å². The van der Waals surface area contributed by atoms with Crippen LogP contribution in [0.2, 0.25) is 0 Å². The number of urea groups is 1. The van der Waals surface area contributed by atoms with Gasteiger partial charge in [0.05, 0.1) is 11.4 Å². The van der Waals surface area contributed by atoms with Gasteiger partial charge in [-0.25, -0.2) is 13.6 Å². The van der Waals surface area contributed by atoms with Crippen molar-refractivity contribution in [2.24, 2.45) is 0 Å². The van der Waals surface area contributed by atoms with Crippen molar-refractivity contribution >= 4 is 23.1 Å². The molecule has 0 aromatic heterocycles. The van der Waals surface area contributed by atoms with E-state index in [2.05, 4.69) is 10.6 Å². The summed E-state index contributed by atoms with van der Waals surface area (Å²) < 4.78 is 26.3. The topological polar surface area (TPSA) is 67.1 Å². The number of nitrogens with one attached hydrogen (secondary N) is 2. The highest BCUT2D eigenvalue weighted by atomic mass is 19.1. The number of benzene rings is 2. The van der Waals surface area contributed by atoms with Crippen LogP contribution < -0.4 is 16.4 Å². The molecule has 2 aromatic carbocycles. The molecule has 4 N–H and O–H groups in total. The van der Waals surface area contributed by atoms with E-state index >= 15 is 0 Å².